The van der Waals surface area contributed by atoms with Crippen molar-refractivity contribution in [3.63, 3.8) is 0 Å². The number of esters is 1. The van der Waals surface area contributed by atoms with Crippen molar-refractivity contribution in [2.75, 3.05) is 33.4 Å². The summed E-state index contributed by atoms with van der Waals surface area (Å²) in [5.74, 6) is 0.0218. The molecule has 0 bridgehead atoms. The van der Waals surface area contributed by atoms with E-state index >= 15 is 0 Å². The predicted molar refractivity (Wildman–Crippen MR) is 129 cm³/mol. The zero-order valence-corrected chi connectivity index (χ0v) is 21.5. The lowest BCUT2D eigenvalue weighted by Gasteiger charge is -2.27. The fourth-order valence-corrected chi connectivity index (χ4v) is 4.39. The summed E-state index contributed by atoms with van der Waals surface area (Å²) >= 11 is 1.16. The van der Waals surface area contributed by atoms with Crippen LogP contribution in [0.15, 0.2) is 4.79 Å². The third-order valence-corrected chi connectivity index (χ3v) is 5.92. The van der Waals surface area contributed by atoms with Gasteiger partial charge in [-0.25, -0.2) is 9.78 Å². The van der Waals surface area contributed by atoms with E-state index in [9.17, 15) is 14.7 Å². The van der Waals surface area contributed by atoms with Gasteiger partial charge in [0.15, 0.2) is 0 Å². The van der Waals surface area contributed by atoms with Gasteiger partial charge >= 0.3 is 5.97 Å². The van der Waals surface area contributed by atoms with Gasteiger partial charge in [-0.15, -0.1) is 11.3 Å². The molecule has 0 aliphatic rings. The number of methoxy groups -OCH3 is 1. The van der Waals surface area contributed by atoms with Crippen molar-refractivity contribution in [3.05, 3.63) is 26.6 Å². The number of hydrogen-bond donors (Lipinski definition) is 2. The molecule has 0 radical (unpaired) electrons. The lowest BCUT2D eigenvalue weighted by atomic mass is 10.2. The number of aryl methyl sites for hydroxylation is 1. The van der Waals surface area contributed by atoms with E-state index in [4.69, 9.17) is 14.2 Å². The Balaban J connectivity index is 2.23. The molecule has 0 saturated carbocycles. The quantitative estimate of drug-likeness (QED) is 0.350. The minimum atomic E-state index is -0.691. The summed E-state index contributed by atoms with van der Waals surface area (Å²) in [7, 11) is 1.64. The number of aromatic nitrogens is 2. The first-order valence-corrected chi connectivity index (χ1v) is 12.0. The number of nitrogens with zero attached hydrogens (tertiary/aromatic N) is 2. The third-order valence-electron chi connectivity index (χ3n) is 4.75. The molecule has 33 heavy (non-hydrogen) atoms. The molecule has 0 aliphatic carbocycles. The van der Waals surface area contributed by atoms with Crippen molar-refractivity contribution in [3.8, 4) is 0 Å². The maximum Gasteiger partial charge on any atom is 0.348 e. The van der Waals surface area contributed by atoms with Crippen LogP contribution in [0.2, 0.25) is 0 Å². The van der Waals surface area contributed by atoms with Crippen molar-refractivity contribution in [2.24, 2.45) is 0 Å². The summed E-state index contributed by atoms with van der Waals surface area (Å²) in [4.78, 5) is 35.6. The number of H-pyrrole nitrogens is 1. The molecule has 2 rings (SSSR count). The van der Waals surface area contributed by atoms with Crippen LogP contribution in [-0.4, -0.2) is 77.2 Å². The molecule has 0 spiro atoms. The summed E-state index contributed by atoms with van der Waals surface area (Å²) in [5, 5.41) is 10.9. The molecular formula is C23H37N3O6S. The highest BCUT2D eigenvalue weighted by atomic mass is 32.1. The van der Waals surface area contributed by atoms with Gasteiger partial charge in [-0.2, -0.15) is 0 Å². The van der Waals surface area contributed by atoms with Crippen LogP contribution >= 0.6 is 11.3 Å². The number of aromatic amines is 1. The molecule has 186 valence electrons. The number of ether oxygens (including phenoxy) is 3. The number of hydrogen-bond acceptors (Lipinski definition) is 9. The molecule has 1 unspecified atom stereocenters. The predicted octanol–water partition coefficient (Wildman–Crippen LogP) is 2.87. The summed E-state index contributed by atoms with van der Waals surface area (Å²) in [6.45, 7) is 13.2. The number of aliphatic hydroxyl groups excluding tert-OH is 1. The number of carbonyl (C=O) groups excluding carboxylic acids is 1. The van der Waals surface area contributed by atoms with Crippen molar-refractivity contribution in [2.45, 2.75) is 72.3 Å². The van der Waals surface area contributed by atoms with E-state index < -0.39 is 12.1 Å². The molecule has 2 N–H and O–H groups in total. The smallest absolute Gasteiger partial charge is 0.348 e. The van der Waals surface area contributed by atoms with Crippen LogP contribution < -0.4 is 5.56 Å². The van der Waals surface area contributed by atoms with Crippen LogP contribution in [0, 0.1) is 6.92 Å². The Morgan fingerprint density at radius 2 is 2.00 bits per heavy atom. The summed E-state index contributed by atoms with van der Waals surface area (Å²) in [6.07, 6.45) is -0.180. The zero-order valence-electron chi connectivity index (χ0n) is 20.7. The Hall–Kier alpha value is -1.85. The van der Waals surface area contributed by atoms with E-state index in [-0.39, 0.29) is 23.9 Å². The van der Waals surface area contributed by atoms with Gasteiger partial charge in [0.25, 0.3) is 5.56 Å². The minimum Gasteiger partial charge on any atom is -0.459 e. The van der Waals surface area contributed by atoms with Gasteiger partial charge in [0.2, 0.25) is 0 Å². The Bertz CT molecular complexity index is 979. The first-order chi connectivity index (χ1) is 15.4. The van der Waals surface area contributed by atoms with E-state index in [0.29, 0.717) is 52.7 Å². The second-order valence-corrected chi connectivity index (χ2v) is 10.4. The van der Waals surface area contributed by atoms with Gasteiger partial charge in [-0.3, -0.25) is 9.69 Å². The highest BCUT2D eigenvalue weighted by Crippen LogP contribution is 2.28. The van der Waals surface area contributed by atoms with Gasteiger partial charge in [0.05, 0.1) is 36.3 Å². The number of aliphatic hydroxyl groups is 1. The molecule has 10 heteroatoms. The fraction of sp³-hybridized carbons (Fsp3) is 0.696. The van der Waals surface area contributed by atoms with Crippen molar-refractivity contribution >= 4 is 27.5 Å². The molecule has 0 aromatic carbocycles. The molecule has 0 amide bonds. The van der Waals surface area contributed by atoms with Crippen molar-refractivity contribution in [1.82, 2.24) is 14.9 Å². The number of fused-ring (bicyclic) bond motifs is 1. The summed E-state index contributed by atoms with van der Waals surface area (Å²) in [6, 6.07) is 0. The Morgan fingerprint density at radius 3 is 2.61 bits per heavy atom. The summed E-state index contributed by atoms with van der Waals surface area (Å²) in [5.41, 5.74) is -0.0565. The molecule has 2 aromatic rings. The SMILES string of the molecule is COCCCN(Cc1nc2sc(C(=O)OC(C)C)c(C)c2c(=O)[nH]1)CC(O)COC(C)(C)C. The monoisotopic (exact) mass is 483 g/mol. The van der Waals surface area contributed by atoms with Crippen LogP contribution in [0.4, 0.5) is 0 Å². The second-order valence-electron chi connectivity index (χ2n) is 9.36. The maximum absolute atomic E-state index is 12.8. The van der Waals surface area contributed by atoms with Crippen LogP contribution in [-0.2, 0) is 20.8 Å². The fourth-order valence-electron chi connectivity index (χ4n) is 3.30. The van der Waals surface area contributed by atoms with Crippen LogP contribution in [0.1, 0.15) is 62.1 Å². The first-order valence-electron chi connectivity index (χ1n) is 11.2. The Morgan fingerprint density at radius 1 is 1.30 bits per heavy atom. The maximum atomic E-state index is 12.8. The van der Waals surface area contributed by atoms with Gasteiger partial charge in [0.1, 0.15) is 15.5 Å². The van der Waals surface area contributed by atoms with Crippen LogP contribution in [0.25, 0.3) is 10.2 Å². The van der Waals surface area contributed by atoms with Crippen molar-refractivity contribution < 1.29 is 24.1 Å². The van der Waals surface area contributed by atoms with E-state index in [0.717, 1.165) is 17.8 Å². The largest absolute Gasteiger partial charge is 0.459 e. The van der Waals surface area contributed by atoms with Crippen LogP contribution in [0.3, 0.4) is 0 Å². The molecule has 2 heterocycles. The lowest BCUT2D eigenvalue weighted by Crippen LogP contribution is -2.38. The first kappa shape index (κ1) is 27.4. The number of nitrogens with one attached hydrogen (secondary N) is 1. The molecule has 2 aromatic heterocycles. The minimum absolute atomic E-state index is 0.207. The van der Waals surface area contributed by atoms with E-state index in [1.54, 1.807) is 27.9 Å². The second kappa shape index (κ2) is 12.0. The van der Waals surface area contributed by atoms with E-state index in [1.165, 1.54) is 0 Å². The third kappa shape index (κ3) is 8.46. The molecule has 0 saturated heterocycles. The van der Waals surface area contributed by atoms with E-state index in [1.807, 2.05) is 25.7 Å². The van der Waals surface area contributed by atoms with Gasteiger partial charge in [0, 0.05) is 26.8 Å². The van der Waals surface area contributed by atoms with Gasteiger partial charge < -0.3 is 24.3 Å². The van der Waals surface area contributed by atoms with Crippen molar-refractivity contribution in [1.29, 1.82) is 0 Å². The zero-order chi connectivity index (χ0) is 24.8. The van der Waals surface area contributed by atoms with Gasteiger partial charge in [-0.1, -0.05) is 0 Å². The number of thiophene rings is 1. The lowest BCUT2D eigenvalue weighted by molar-refractivity contribution is -0.0571. The normalized spacial score (nSPS) is 13.3. The number of rotatable bonds is 12. The average molecular weight is 484 g/mol. The molecule has 0 aliphatic heterocycles. The van der Waals surface area contributed by atoms with E-state index in [2.05, 4.69) is 9.97 Å². The molecular weight excluding hydrogens is 446 g/mol. The summed E-state index contributed by atoms with van der Waals surface area (Å²) < 4.78 is 16.1. The molecule has 9 nitrogen and oxygen atoms in total. The van der Waals surface area contributed by atoms with Crippen LogP contribution in [0.5, 0.6) is 0 Å². The standard InChI is InChI=1S/C23H37N3O6S/c1-14(2)32-22(29)19-15(3)18-20(28)24-17(25-21(18)33-19)12-26(9-8-10-30-7)11-16(27)13-31-23(4,5)6/h14,16,27H,8-13H2,1-7H3,(H,24,25,28). The average Bonchev–Trinajstić information content (AvgIpc) is 3.02. The highest BCUT2D eigenvalue weighted by Gasteiger charge is 2.22. The molecule has 0 fully saturated rings. The molecule has 1 atom stereocenters. The Labute approximate surface area is 199 Å². The topological polar surface area (TPSA) is 114 Å². The Kier molecular flexibility index (Phi) is 9.99. The highest BCUT2D eigenvalue weighted by molar-refractivity contribution is 7.20. The van der Waals surface area contributed by atoms with Gasteiger partial charge in [-0.05, 0) is 53.5 Å². The number of carbonyl (C=O) groups is 1.